The summed E-state index contributed by atoms with van der Waals surface area (Å²) in [6.45, 7) is 11.5. The fourth-order valence-corrected chi connectivity index (χ4v) is 7.89. The summed E-state index contributed by atoms with van der Waals surface area (Å²) in [5, 5.41) is 2.72. The number of fused-ring (bicyclic) bond motifs is 2. The van der Waals surface area contributed by atoms with Crippen LogP contribution >= 0.6 is 0 Å². The van der Waals surface area contributed by atoms with Crippen molar-refractivity contribution in [3.05, 3.63) is 71.8 Å². The van der Waals surface area contributed by atoms with E-state index in [1.54, 1.807) is 0 Å². The number of benzene rings is 3. The van der Waals surface area contributed by atoms with Crippen LogP contribution in [0.2, 0.25) is 0 Å². The third-order valence-electron chi connectivity index (χ3n) is 10.6. The zero-order valence-corrected chi connectivity index (χ0v) is 31.0. The van der Waals surface area contributed by atoms with Crippen molar-refractivity contribution in [2.45, 2.75) is 84.8 Å². The number of alkyl carbamates (subject to hydrolysis) is 1. The number of likely N-dealkylation sites (tertiary alicyclic amines) is 2. The van der Waals surface area contributed by atoms with Crippen molar-refractivity contribution in [3.8, 4) is 22.3 Å². The summed E-state index contributed by atoms with van der Waals surface area (Å²) in [6.07, 6.45) is 3.53. The Morgan fingerprint density at radius 3 is 1.96 bits per heavy atom. The molecule has 3 atom stereocenters. The third-order valence-corrected chi connectivity index (χ3v) is 10.6. The normalized spacial score (nSPS) is 18.2. The highest BCUT2D eigenvalue weighted by molar-refractivity contribution is 5.88. The largest absolute Gasteiger partial charge is 0.453 e. The molecule has 0 aliphatic carbocycles. The lowest BCUT2D eigenvalue weighted by Crippen LogP contribution is -2.51. The molecule has 3 aromatic carbocycles. The van der Waals surface area contributed by atoms with Crippen LogP contribution in [0.5, 0.6) is 0 Å². The minimum absolute atomic E-state index is 0.00118. The van der Waals surface area contributed by atoms with E-state index in [-0.39, 0.29) is 29.8 Å². The Morgan fingerprint density at radius 1 is 0.808 bits per heavy atom. The van der Waals surface area contributed by atoms with Gasteiger partial charge in [-0.3, -0.25) is 9.59 Å². The van der Waals surface area contributed by atoms with E-state index in [2.05, 4.69) is 90.7 Å². The van der Waals surface area contributed by atoms with E-state index in [4.69, 9.17) is 14.7 Å². The van der Waals surface area contributed by atoms with Crippen molar-refractivity contribution >= 4 is 40.0 Å². The van der Waals surface area contributed by atoms with Crippen molar-refractivity contribution in [1.29, 1.82) is 0 Å². The molecule has 0 unspecified atom stereocenters. The summed E-state index contributed by atoms with van der Waals surface area (Å²) >= 11 is 0. The molecule has 272 valence electrons. The zero-order chi connectivity index (χ0) is 36.7. The summed E-state index contributed by atoms with van der Waals surface area (Å²) in [4.78, 5) is 59.3. The van der Waals surface area contributed by atoms with Gasteiger partial charge in [0.05, 0.1) is 41.3 Å². The first-order chi connectivity index (χ1) is 25.0. The first-order valence-electron chi connectivity index (χ1n) is 18.6. The average Bonchev–Trinajstić information content (AvgIpc) is 3.94. The lowest BCUT2D eigenvalue weighted by Gasteiger charge is -2.29. The molecule has 0 radical (unpaired) electrons. The van der Waals surface area contributed by atoms with Crippen LogP contribution in [-0.2, 0) is 14.3 Å². The van der Waals surface area contributed by atoms with Gasteiger partial charge < -0.3 is 29.8 Å². The molecular formula is C41H49N7O4. The van der Waals surface area contributed by atoms with Crippen LogP contribution < -0.4 is 5.32 Å². The molecule has 2 aliphatic rings. The van der Waals surface area contributed by atoms with Crippen LogP contribution in [0.3, 0.4) is 0 Å². The second-order valence-corrected chi connectivity index (χ2v) is 15.1. The molecule has 0 bridgehead atoms. The number of aryl methyl sites for hydroxylation is 1. The fourth-order valence-electron chi connectivity index (χ4n) is 7.89. The number of nitrogens with zero attached hydrogens (tertiary/aromatic N) is 4. The van der Waals surface area contributed by atoms with E-state index >= 15 is 0 Å². The summed E-state index contributed by atoms with van der Waals surface area (Å²) in [5.41, 5.74) is 9.16. The van der Waals surface area contributed by atoms with Gasteiger partial charge in [-0.05, 0) is 96.5 Å². The highest BCUT2D eigenvalue weighted by Gasteiger charge is 2.38. The Hall–Kier alpha value is -5.19. The number of carbonyl (C=O) groups is 3. The highest BCUT2D eigenvalue weighted by atomic mass is 16.5. The standard InChI is InChI=1S/C41H49N7O4/c1-23(2)19-36(49)47-17-7-9-34(47)38-42-30-15-12-27(21-32(30)44-38)26-11-14-29(25(5)20-26)28-13-16-31-33(22-28)45-39(43-31)35-10-8-18-48(35)40(50)37(24(3)4)46-41(51)52-6/h11-16,20-24,34-35,37H,7-10,17-19H2,1-6H3,(H,42,44)(H,43,45)(H,46,51)/t34-,35-,37-/m0/s1. The van der Waals surface area contributed by atoms with Crippen LogP contribution in [0.4, 0.5) is 4.79 Å². The molecule has 2 fully saturated rings. The quantitative estimate of drug-likeness (QED) is 0.143. The number of aromatic nitrogens is 4. The average molecular weight is 704 g/mol. The first kappa shape index (κ1) is 35.2. The SMILES string of the molecule is COC(=O)N[C@H](C(=O)N1CCC[C@H]1c1nc2cc(-c3ccc(-c4ccc5[nH]c([C@@H]6CCCN6C(=O)CC(C)C)nc5c4)cc3C)ccc2[nH]1)C(C)C. The second-order valence-electron chi connectivity index (χ2n) is 15.1. The minimum Gasteiger partial charge on any atom is -0.453 e. The number of nitrogens with one attached hydrogen (secondary N) is 3. The maximum absolute atomic E-state index is 13.6. The van der Waals surface area contributed by atoms with Crippen molar-refractivity contribution in [3.63, 3.8) is 0 Å². The smallest absolute Gasteiger partial charge is 0.407 e. The highest BCUT2D eigenvalue weighted by Crippen LogP contribution is 2.36. The van der Waals surface area contributed by atoms with Crippen molar-refractivity contribution in [1.82, 2.24) is 35.1 Å². The number of rotatable bonds is 9. The zero-order valence-electron chi connectivity index (χ0n) is 31.0. The molecule has 0 saturated carbocycles. The third kappa shape index (κ3) is 6.88. The molecule has 5 aromatic rings. The Kier molecular flexibility index (Phi) is 9.78. The first-order valence-corrected chi connectivity index (χ1v) is 18.6. The Balaban J connectivity index is 1.10. The number of H-pyrrole nitrogens is 2. The number of aromatic amines is 2. The van der Waals surface area contributed by atoms with E-state index in [0.717, 1.165) is 93.8 Å². The van der Waals surface area contributed by atoms with Gasteiger partial charge in [0.1, 0.15) is 17.7 Å². The molecule has 2 aromatic heterocycles. The summed E-state index contributed by atoms with van der Waals surface area (Å²) < 4.78 is 4.78. The van der Waals surface area contributed by atoms with E-state index in [1.165, 1.54) is 7.11 Å². The monoisotopic (exact) mass is 703 g/mol. The van der Waals surface area contributed by atoms with Crippen molar-refractivity contribution in [2.24, 2.45) is 11.8 Å². The van der Waals surface area contributed by atoms with Gasteiger partial charge in [-0.25, -0.2) is 14.8 Å². The predicted octanol–water partition coefficient (Wildman–Crippen LogP) is 7.84. The Bertz CT molecular complexity index is 2130. The van der Waals surface area contributed by atoms with Crippen LogP contribution in [0.25, 0.3) is 44.3 Å². The molecule has 52 heavy (non-hydrogen) atoms. The number of methoxy groups -OCH3 is 1. The van der Waals surface area contributed by atoms with Gasteiger partial charge in [0.15, 0.2) is 0 Å². The van der Waals surface area contributed by atoms with Gasteiger partial charge in [0.25, 0.3) is 0 Å². The van der Waals surface area contributed by atoms with Gasteiger partial charge in [-0.15, -0.1) is 0 Å². The lowest BCUT2D eigenvalue weighted by atomic mass is 9.95. The molecular weight excluding hydrogens is 654 g/mol. The van der Waals surface area contributed by atoms with E-state index in [9.17, 15) is 14.4 Å². The summed E-state index contributed by atoms with van der Waals surface area (Å²) in [7, 11) is 1.30. The molecule has 3 amide bonds. The van der Waals surface area contributed by atoms with Gasteiger partial charge in [0.2, 0.25) is 11.8 Å². The van der Waals surface area contributed by atoms with Crippen molar-refractivity contribution < 1.29 is 19.1 Å². The van der Waals surface area contributed by atoms with Crippen LogP contribution in [0.1, 0.15) is 89.1 Å². The fraction of sp³-hybridized carbons (Fsp3) is 0.439. The maximum Gasteiger partial charge on any atom is 0.407 e. The summed E-state index contributed by atoms with van der Waals surface area (Å²) in [5.74, 6) is 1.94. The van der Waals surface area contributed by atoms with Gasteiger partial charge in [-0.2, -0.15) is 0 Å². The number of imidazole rings is 2. The van der Waals surface area contributed by atoms with E-state index < -0.39 is 12.1 Å². The lowest BCUT2D eigenvalue weighted by molar-refractivity contribution is -0.135. The molecule has 2 saturated heterocycles. The number of ether oxygens (including phenoxy) is 1. The number of hydrogen-bond acceptors (Lipinski definition) is 6. The van der Waals surface area contributed by atoms with Crippen LogP contribution in [-0.4, -0.2) is 73.9 Å². The predicted molar refractivity (Wildman–Crippen MR) is 202 cm³/mol. The van der Waals surface area contributed by atoms with Crippen LogP contribution in [0.15, 0.2) is 54.6 Å². The van der Waals surface area contributed by atoms with Crippen molar-refractivity contribution in [2.75, 3.05) is 20.2 Å². The summed E-state index contributed by atoms with van der Waals surface area (Å²) in [6, 6.07) is 18.2. The van der Waals surface area contributed by atoms with E-state index in [0.29, 0.717) is 18.9 Å². The minimum atomic E-state index is -0.678. The molecule has 2 aliphatic heterocycles. The number of hydrogen-bond donors (Lipinski definition) is 3. The molecule has 0 spiro atoms. The maximum atomic E-state index is 13.6. The second kappa shape index (κ2) is 14.4. The number of amides is 3. The molecule has 7 rings (SSSR count). The van der Waals surface area contributed by atoms with Gasteiger partial charge >= 0.3 is 6.09 Å². The van der Waals surface area contributed by atoms with Crippen LogP contribution in [0, 0.1) is 18.8 Å². The number of carbonyl (C=O) groups excluding carboxylic acids is 3. The molecule has 3 N–H and O–H groups in total. The van der Waals surface area contributed by atoms with Gasteiger partial charge in [-0.1, -0.05) is 58.0 Å². The van der Waals surface area contributed by atoms with Gasteiger partial charge in [0, 0.05) is 19.5 Å². The van der Waals surface area contributed by atoms with E-state index in [1.807, 2.05) is 23.6 Å². The Morgan fingerprint density at radius 2 is 1.37 bits per heavy atom. The molecule has 4 heterocycles. The molecule has 11 heteroatoms. The molecule has 11 nitrogen and oxygen atoms in total. The topological polar surface area (TPSA) is 136 Å². The Labute approximate surface area is 304 Å².